The van der Waals surface area contributed by atoms with Crippen molar-refractivity contribution in [1.29, 1.82) is 0 Å². The molecule has 0 bridgehead atoms. The molecule has 254 valence electrons. The highest BCUT2D eigenvalue weighted by Gasteiger charge is 2.23. The Bertz CT molecular complexity index is 2360. The second-order valence-electron chi connectivity index (χ2n) is 10.9. The molecular weight excluding hydrogens is 689 g/mol. The average molecular weight is 722 g/mol. The van der Waals surface area contributed by atoms with E-state index in [1.807, 2.05) is 23.3 Å². The van der Waals surface area contributed by atoms with Crippen LogP contribution in [0.1, 0.15) is 25.0 Å². The van der Waals surface area contributed by atoms with E-state index in [1.54, 1.807) is 72.8 Å². The molecule has 0 spiro atoms. The first kappa shape index (κ1) is 35.6. The minimum atomic E-state index is -4.63. The Balaban J connectivity index is 1.63. The van der Waals surface area contributed by atoms with Crippen LogP contribution in [0.15, 0.2) is 142 Å². The largest absolute Gasteiger partial charge is 0.342 e. The molecule has 0 amide bonds. The van der Waals surface area contributed by atoms with Gasteiger partial charge in [-0.2, -0.15) is 29.8 Å². The molecule has 3 N–H and O–H groups in total. The first-order valence-electron chi connectivity index (χ1n) is 15.0. The quantitative estimate of drug-likeness (QED) is 0.125. The molecule has 5 rings (SSSR count). The van der Waals surface area contributed by atoms with Gasteiger partial charge in [-0.3, -0.25) is 13.7 Å². The van der Waals surface area contributed by atoms with E-state index in [0.717, 1.165) is 0 Å². The van der Waals surface area contributed by atoms with Gasteiger partial charge in [0.2, 0.25) is 11.4 Å². The van der Waals surface area contributed by atoms with Gasteiger partial charge in [0, 0.05) is 47.8 Å². The first-order valence-corrected chi connectivity index (χ1v) is 19.3. The topological polar surface area (TPSA) is 169 Å². The van der Waals surface area contributed by atoms with Gasteiger partial charge < -0.3 is 4.90 Å². The van der Waals surface area contributed by atoms with Gasteiger partial charge in [-0.15, -0.1) is 0 Å². The zero-order chi connectivity index (χ0) is 35.6. The van der Waals surface area contributed by atoms with E-state index >= 15 is 0 Å². The highest BCUT2D eigenvalue weighted by atomic mass is 32.2. The standard InChI is InChI=1S/C35H32N2O9S3/c1-3-36(29-9-7-11-31(23-29)47(38,39)40)27-19-15-25(16-20-27)35(33-13-5-6-14-34(33)49(44,45)46)26-17-21-28(22-18-26)37(4-2)30-10-8-12-32(24-30)48(41,42)43/h5-24H,3-4H2,1-2H3,(H2-,38,39,40,41,42,43,44,45,46)/p+1. The summed E-state index contributed by atoms with van der Waals surface area (Å²) in [4.78, 5) is 1.07. The fraction of sp³-hybridized carbons (Fsp3) is 0.114. The predicted molar refractivity (Wildman–Crippen MR) is 188 cm³/mol. The Morgan fingerprint density at radius 2 is 1.22 bits per heavy atom. The highest BCUT2D eigenvalue weighted by molar-refractivity contribution is 7.86. The molecule has 0 heterocycles. The number of anilines is 2. The molecule has 1 aliphatic rings. The lowest BCUT2D eigenvalue weighted by molar-refractivity contribution is -0.434. The van der Waals surface area contributed by atoms with Crippen LogP contribution in [0, 0.1) is 0 Å². The second kappa shape index (κ2) is 14.0. The summed E-state index contributed by atoms with van der Waals surface area (Å²) in [7, 11) is -13.5. The monoisotopic (exact) mass is 721 g/mol. The summed E-state index contributed by atoms with van der Waals surface area (Å²) in [5, 5.41) is 0. The van der Waals surface area contributed by atoms with Crippen molar-refractivity contribution in [2.45, 2.75) is 28.5 Å². The fourth-order valence-corrected chi connectivity index (χ4v) is 7.38. The van der Waals surface area contributed by atoms with Gasteiger partial charge in [0.05, 0.1) is 4.90 Å². The van der Waals surface area contributed by atoms with E-state index in [4.69, 9.17) is 0 Å². The number of nitrogens with zero attached hydrogens (tertiary/aromatic N) is 2. The van der Waals surface area contributed by atoms with Crippen LogP contribution in [-0.2, 0) is 30.4 Å². The summed E-state index contributed by atoms with van der Waals surface area (Å²) in [6.07, 6.45) is 7.16. The van der Waals surface area contributed by atoms with Gasteiger partial charge in [0.25, 0.3) is 30.4 Å². The van der Waals surface area contributed by atoms with Gasteiger partial charge in [-0.05, 0) is 85.2 Å². The second-order valence-corrected chi connectivity index (χ2v) is 15.1. The van der Waals surface area contributed by atoms with E-state index in [2.05, 4.69) is 0 Å². The molecule has 0 atom stereocenters. The van der Waals surface area contributed by atoms with Crippen LogP contribution in [0.5, 0.6) is 0 Å². The highest BCUT2D eigenvalue weighted by Crippen LogP contribution is 2.36. The fourth-order valence-electron chi connectivity index (χ4n) is 5.64. The minimum Gasteiger partial charge on any atom is -0.342 e. The van der Waals surface area contributed by atoms with E-state index in [-0.39, 0.29) is 20.2 Å². The van der Waals surface area contributed by atoms with Crippen LogP contribution < -0.4 is 4.90 Å². The molecule has 4 aromatic rings. The van der Waals surface area contributed by atoms with Gasteiger partial charge in [-0.1, -0.05) is 42.5 Å². The SMILES string of the molecule is CCN(c1ccc(C(=C2C=CC(=[N+](CC)c3cccc(S(=O)(=O)O)c3)C=C2)c2ccccc2S(=O)(=O)O)cc1)c1cccc(S(=O)(=O)O)c1. The lowest BCUT2D eigenvalue weighted by atomic mass is 9.90. The Kier molecular flexibility index (Phi) is 10.2. The number of rotatable bonds is 10. The van der Waals surface area contributed by atoms with Crippen LogP contribution in [0.25, 0.3) is 5.57 Å². The molecule has 0 unspecified atom stereocenters. The zero-order valence-electron chi connectivity index (χ0n) is 26.4. The summed E-state index contributed by atoms with van der Waals surface area (Å²) in [6.45, 7) is 4.68. The summed E-state index contributed by atoms with van der Waals surface area (Å²) < 4.78 is 103. The van der Waals surface area contributed by atoms with E-state index in [0.29, 0.717) is 52.6 Å². The molecule has 11 nitrogen and oxygen atoms in total. The molecule has 0 aromatic heterocycles. The Morgan fingerprint density at radius 1 is 0.633 bits per heavy atom. The third-order valence-corrected chi connectivity index (χ3v) is 10.5. The molecule has 0 saturated carbocycles. The number of hydrogen-bond acceptors (Lipinski definition) is 7. The van der Waals surface area contributed by atoms with Crippen LogP contribution in [0.2, 0.25) is 0 Å². The van der Waals surface area contributed by atoms with Gasteiger partial charge in [0.15, 0.2) is 0 Å². The van der Waals surface area contributed by atoms with Crippen molar-refractivity contribution >= 4 is 58.7 Å². The van der Waals surface area contributed by atoms with Crippen molar-refractivity contribution in [2.75, 3.05) is 18.0 Å². The van der Waals surface area contributed by atoms with Gasteiger partial charge in [-0.25, -0.2) is 0 Å². The van der Waals surface area contributed by atoms with Crippen molar-refractivity contribution in [3.05, 3.63) is 138 Å². The van der Waals surface area contributed by atoms with E-state index < -0.39 is 30.4 Å². The predicted octanol–water partition coefficient (Wildman–Crippen LogP) is 6.32. The number of benzene rings is 4. The lowest BCUT2D eigenvalue weighted by Gasteiger charge is -2.24. The molecule has 0 saturated heterocycles. The Hall–Kier alpha value is -4.70. The summed E-state index contributed by atoms with van der Waals surface area (Å²) in [5.74, 6) is 0. The van der Waals surface area contributed by atoms with Crippen LogP contribution in [0.4, 0.5) is 17.1 Å². The molecular formula is C35H33N2O9S3+. The normalized spacial score (nSPS) is 13.4. The first-order chi connectivity index (χ1) is 23.1. The Labute approximate surface area is 285 Å². The average Bonchev–Trinajstić information content (AvgIpc) is 3.06. The van der Waals surface area contributed by atoms with Gasteiger partial charge in [0.1, 0.15) is 16.3 Å². The summed E-state index contributed by atoms with van der Waals surface area (Å²) in [5.41, 5.74) is 4.44. The van der Waals surface area contributed by atoms with Crippen molar-refractivity contribution < 1.29 is 43.5 Å². The molecule has 49 heavy (non-hydrogen) atoms. The number of hydrogen-bond donors (Lipinski definition) is 3. The third kappa shape index (κ3) is 7.96. The Morgan fingerprint density at radius 3 is 1.80 bits per heavy atom. The molecule has 1 aliphatic carbocycles. The van der Waals surface area contributed by atoms with Crippen LogP contribution in [-0.4, -0.2) is 62.3 Å². The molecule has 0 radical (unpaired) electrons. The molecule has 4 aromatic carbocycles. The minimum absolute atomic E-state index is 0.242. The van der Waals surface area contributed by atoms with Crippen molar-refractivity contribution in [2.24, 2.45) is 0 Å². The maximum atomic E-state index is 12.5. The smallest absolute Gasteiger partial charge is 0.295 e. The van der Waals surface area contributed by atoms with Gasteiger partial charge >= 0.3 is 0 Å². The van der Waals surface area contributed by atoms with E-state index in [1.165, 1.54) is 48.5 Å². The summed E-state index contributed by atoms with van der Waals surface area (Å²) >= 11 is 0. The molecule has 14 heteroatoms. The lowest BCUT2D eigenvalue weighted by Crippen LogP contribution is -2.16. The van der Waals surface area contributed by atoms with Crippen LogP contribution >= 0.6 is 0 Å². The number of allylic oxidation sites excluding steroid dienone is 5. The zero-order valence-corrected chi connectivity index (χ0v) is 28.8. The third-order valence-electron chi connectivity index (χ3n) is 7.86. The maximum absolute atomic E-state index is 12.5. The maximum Gasteiger partial charge on any atom is 0.295 e. The summed E-state index contributed by atoms with van der Waals surface area (Å²) in [6, 6.07) is 25.1. The van der Waals surface area contributed by atoms with Crippen molar-refractivity contribution in [1.82, 2.24) is 0 Å². The molecule has 0 fully saturated rings. The molecule has 0 aliphatic heterocycles. The van der Waals surface area contributed by atoms with Crippen molar-refractivity contribution in [3.8, 4) is 0 Å². The van der Waals surface area contributed by atoms with Crippen LogP contribution in [0.3, 0.4) is 0 Å². The van der Waals surface area contributed by atoms with E-state index in [9.17, 15) is 38.9 Å². The van der Waals surface area contributed by atoms with Crippen molar-refractivity contribution in [3.63, 3.8) is 0 Å².